The zero-order chi connectivity index (χ0) is 25.2. The number of thioether (sulfide) groups is 1. The fourth-order valence-corrected chi connectivity index (χ4v) is 4.38. The molecule has 0 saturated heterocycles. The monoisotopic (exact) mass is 498 g/mol. The first-order chi connectivity index (χ1) is 16.6. The van der Waals surface area contributed by atoms with Crippen LogP contribution in [0.15, 0.2) is 49.7 Å². The topological polar surface area (TPSA) is 159 Å². The van der Waals surface area contributed by atoms with E-state index in [1.165, 1.54) is 0 Å². The average Bonchev–Trinajstić information content (AvgIpc) is 3.39. The van der Waals surface area contributed by atoms with Crippen LogP contribution in [0.5, 0.6) is 0 Å². The highest BCUT2D eigenvalue weighted by atomic mass is 32.2. The molecule has 0 radical (unpaired) electrons. The standard InChI is InChI=1S/C23H26N6O5S/c1-12-15(18(30)27-20(31)25-12)11-35-22-29-28-19(33-22)17(26-21(32)34-23(2,3)4)9-13-10-24-16-8-6-5-7-14(13)16/h5-8,10,17,24H,9,11H2,1-4H3,(H,26,32)(H2,25,27,30,31)/t17-/m0/s1. The number of aryl methyl sites for hydroxylation is 1. The summed E-state index contributed by atoms with van der Waals surface area (Å²) in [5, 5.41) is 12.3. The van der Waals surface area contributed by atoms with E-state index < -0.39 is 29.0 Å². The summed E-state index contributed by atoms with van der Waals surface area (Å²) in [5.41, 5.74) is 1.10. The van der Waals surface area contributed by atoms with Gasteiger partial charge in [0.2, 0.25) is 5.89 Å². The van der Waals surface area contributed by atoms with Gasteiger partial charge in [-0.1, -0.05) is 30.0 Å². The first-order valence-corrected chi connectivity index (χ1v) is 11.9. The molecule has 3 heterocycles. The van der Waals surface area contributed by atoms with E-state index in [0.717, 1.165) is 28.2 Å². The Morgan fingerprint density at radius 2 is 1.97 bits per heavy atom. The molecule has 1 amide bonds. The smallest absolute Gasteiger partial charge is 0.408 e. The highest BCUT2D eigenvalue weighted by molar-refractivity contribution is 7.98. The van der Waals surface area contributed by atoms with E-state index in [-0.39, 0.29) is 16.9 Å². The number of hydrogen-bond donors (Lipinski definition) is 4. The van der Waals surface area contributed by atoms with Crippen molar-refractivity contribution in [2.24, 2.45) is 0 Å². The van der Waals surface area contributed by atoms with Crippen LogP contribution >= 0.6 is 11.8 Å². The molecule has 12 heteroatoms. The number of carbonyl (C=O) groups is 1. The van der Waals surface area contributed by atoms with Gasteiger partial charge in [0.15, 0.2) is 0 Å². The molecule has 0 aliphatic carbocycles. The van der Waals surface area contributed by atoms with Gasteiger partial charge in [0.1, 0.15) is 11.6 Å². The van der Waals surface area contributed by atoms with Crippen LogP contribution in [-0.2, 0) is 16.9 Å². The molecule has 0 aliphatic rings. The summed E-state index contributed by atoms with van der Waals surface area (Å²) in [7, 11) is 0. The maximum atomic E-state index is 12.6. The molecule has 1 atom stereocenters. The van der Waals surface area contributed by atoms with Crippen molar-refractivity contribution in [1.29, 1.82) is 0 Å². The van der Waals surface area contributed by atoms with Gasteiger partial charge in [0.05, 0.1) is 0 Å². The van der Waals surface area contributed by atoms with E-state index in [9.17, 15) is 14.4 Å². The highest BCUT2D eigenvalue weighted by Crippen LogP contribution is 2.27. The molecule has 184 valence electrons. The summed E-state index contributed by atoms with van der Waals surface area (Å²) >= 11 is 1.15. The van der Waals surface area contributed by atoms with Gasteiger partial charge in [0, 0.05) is 40.5 Å². The van der Waals surface area contributed by atoms with Gasteiger partial charge in [-0.3, -0.25) is 9.78 Å². The molecular weight excluding hydrogens is 472 g/mol. The quantitative estimate of drug-likeness (QED) is 0.282. The number of aromatic amines is 3. The first-order valence-electron chi connectivity index (χ1n) is 10.9. The number of ether oxygens (including phenoxy) is 1. The third-order valence-electron chi connectivity index (χ3n) is 5.10. The average molecular weight is 499 g/mol. The van der Waals surface area contributed by atoms with Gasteiger partial charge in [0.25, 0.3) is 10.8 Å². The fraction of sp³-hybridized carbons (Fsp3) is 0.348. The van der Waals surface area contributed by atoms with Gasteiger partial charge in [-0.2, -0.15) is 0 Å². The Morgan fingerprint density at radius 1 is 1.20 bits per heavy atom. The fourth-order valence-electron chi connectivity index (χ4n) is 3.52. The number of nitrogens with zero attached hydrogens (tertiary/aromatic N) is 2. The van der Waals surface area contributed by atoms with Crippen molar-refractivity contribution >= 4 is 28.8 Å². The molecule has 4 N–H and O–H groups in total. The van der Waals surface area contributed by atoms with Gasteiger partial charge in [-0.25, -0.2) is 9.59 Å². The van der Waals surface area contributed by atoms with Crippen molar-refractivity contribution < 1.29 is 13.9 Å². The highest BCUT2D eigenvalue weighted by Gasteiger charge is 2.26. The molecule has 0 spiro atoms. The SMILES string of the molecule is Cc1[nH]c(=O)[nH]c(=O)c1CSc1nnc([C@H](Cc2c[nH]c3ccccc23)NC(=O)OC(C)(C)C)o1. The number of alkyl carbamates (subject to hydrolysis) is 1. The van der Waals surface area contributed by atoms with E-state index in [1.54, 1.807) is 27.7 Å². The van der Waals surface area contributed by atoms with Crippen molar-refractivity contribution in [2.75, 3.05) is 0 Å². The van der Waals surface area contributed by atoms with E-state index in [1.807, 2.05) is 30.5 Å². The zero-order valence-corrected chi connectivity index (χ0v) is 20.5. The number of hydrogen-bond acceptors (Lipinski definition) is 8. The van der Waals surface area contributed by atoms with Crippen LogP contribution in [0.1, 0.15) is 49.5 Å². The maximum absolute atomic E-state index is 12.6. The molecular formula is C23H26N6O5S. The summed E-state index contributed by atoms with van der Waals surface area (Å²) in [5.74, 6) is 0.419. The molecule has 0 bridgehead atoms. The maximum Gasteiger partial charge on any atom is 0.408 e. The van der Waals surface area contributed by atoms with Crippen LogP contribution in [0.2, 0.25) is 0 Å². The Labute approximate surface area is 204 Å². The van der Waals surface area contributed by atoms with E-state index in [2.05, 4.69) is 30.5 Å². The lowest BCUT2D eigenvalue weighted by Gasteiger charge is -2.22. The molecule has 4 aromatic rings. The Balaban J connectivity index is 1.56. The summed E-state index contributed by atoms with van der Waals surface area (Å²) in [4.78, 5) is 44.0. The molecule has 0 saturated carbocycles. The summed E-state index contributed by atoms with van der Waals surface area (Å²) in [6, 6.07) is 7.19. The van der Waals surface area contributed by atoms with Crippen LogP contribution in [-0.4, -0.2) is 36.8 Å². The molecule has 0 unspecified atom stereocenters. The number of amides is 1. The summed E-state index contributed by atoms with van der Waals surface area (Å²) in [6.07, 6.45) is 1.66. The largest absolute Gasteiger partial charge is 0.444 e. The van der Waals surface area contributed by atoms with E-state index in [0.29, 0.717) is 17.7 Å². The van der Waals surface area contributed by atoms with Crippen molar-refractivity contribution in [1.82, 2.24) is 30.5 Å². The third-order valence-corrected chi connectivity index (χ3v) is 5.95. The van der Waals surface area contributed by atoms with E-state index in [4.69, 9.17) is 9.15 Å². The summed E-state index contributed by atoms with van der Waals surface area (Å²) < 4.78 is 11.3. The minimum absolute atomic E-state index is 0.204. The number of rotatable bonds is 7. The second-order valence-corrected chi connectivity index (χ2v) is 9.90. The van der Waals surface area contributed by atoms with Crippen LogP contribution in [0.4, 0.5) is 4.79 Å². The molecule has 3 aromatic heterocycles. The molecule has 11 nitrogen and oxygen atoms in total. The molecule has 0 fully saturated rings. The minimum Gasteiger partial charge on any atom is -0.444 e. The minimum atomic E-state index is -0.674. The Morgan fingerprint density at radius 3 is 2.71 bits per heavy atom. The number of H-pyrrole nitrogens is 3. The third kappa shape index (κ3) is 6.01. The van der Waals surface area contributed by atoms with Crippen molar-refractivity contribution in [2.45, 2.75) is 56.7 Å². The number of aromatic nitrogens is 5. The zero-order valence-electron chi connectivity index (χ0n) is 19.7. The number of benzene rings is 1. The van der Waals surface area contributed by atoms with Crippen LogP contribution < -0.4 is 16.6 Å². The second kappa shape index (κ2) is 9.82. The first kappa shape index (κ1) is 24.3. The number of carbonyl (C=O) groups excluding carboxylic acids is 1. The van der Waals surface area contributed by atoms with Gasteiger partial charge in [-0.05, 0) is 39.3 Å². The molecule has 1 aromatic carbocycles. The van der Waals surface area contributed by atoms with Crippen molar-refractivity contribution in [3.63, 3.8) is 0 Å². The van der Waals surface area contributed by atoms with Gasteiger partial charge in [-0.15, -0.1) is 10.2 Å². The normalized spacial score (nSPS) is 12.6. The van der Waals surface area contributed by atoms with Crippen molar-refractivity contribution in [3.05, 3.63) is 74.0 Å². The number of para-hydroxylation sites is 1. The van der Waals surface area contributed by atoms with Crippen LogP contribution in [0.25, 0.3) is 10.9 Å². The van der Waals surface area contributed by atoms with Crippen LogP contribution in [0, 0.1) is 6.92 Å². The Kier molecular flexibility index (Phi) is 6.83. The Bertz CT molecular complexity index is 1460. The predicted molar refractivity (Wildman–Crippen MR) is 130 cm³/mol. The van der Waals surface area contributed by atoms with Gasteiger partial charge >= 0.3 is 11.8 Å². The molecule has 0 aliphatic heterocycles. The number of fused-ring (bicyclic) bond motifs is 1. The lowest BCUT2D eigenvalue weighted by Crippen LogP contribution is -2.36. The molecule has 4 rings (SSSR count). The van der Waals surface area contributed by atoms with Crippen molar-refractivity contribution in [3.8, 4) is 0 Å². The number of nitrogens with one attached hydrogen (secondary N) is 4. The Hall–Kier alpha value is -3.80. The predicted octanol–water partition coefficient (Wildman–Crippen LogP) is 3.34. The van der Waals surface area contributed by atoms with Crippen LogP contribution in [0.3, 0.4) is 0 Å². The van der Waals surface area contributed by atoms with Gasteiger partial charge < -0.3 is 24.4 Å². The lowest BCUT2D eigenvalue weighted by atomic mass is 10.1. The van der Waals surface area contributed by atoms with E-state index >= 15 is 0 Å². The molecule has 35 heavy (non-hydrogen) atoms. The summed E-state index contributed by atoms with van der Waals surface area (Å²) in [6.45, 7) is 6.99. The lowest BCUT2D eigenvalue weighted by molar-refractivity contribution is 0.0494. The second-order valence-electron chi connectivity index (χ2n) is 8.97.